The number of amides is 3. The molecule has 1 aliphatic heterocycles. The number of non-ortho nitro benzene ring substituents is 1. The zero-order valence-electron chi connectivity index (χ0n) is 21.8. The molecule has 1 atom stereocenters. The number of aromatic nitrogens is 1. The number of para-hydroxylation sites is 2. The minimum Gasteiger partial charge on any atom is -0.497 e. The van der Waals surface area contributed by atoms with Crippen LogP contribution < -0.4 is 15.0 Å². The fourth-order valence-electron chi connectivity index (χ4n) is 5.20. The monoisotopic (exact) mass is 537 g/mol. The highest BCUT2D eigenvalue weighted by Crippen LogP contribution is 2.43. The number of benzene rings is 3. The van der Waals surface area contributed by atoms with Crippen LogP contribution in [-0.4, -0.2) is 46.0 Å². The van der Waals surface area contributed by atoms with Gasteiger partial charge in [-0.2, -0.15) is 0 Å². The van der Waals surface area contributed by atoms with Crippen molar-refractivity contribution in [1.82, 2.24) is 9.47 Å². The van der Waals surface area contributed by atoms with Crippen LogP contribution in [0.15, 0.2) is 91.1 Å². The molecule has 1 saturated carbocycles. The molecule has 6 rings (SSSR count). The molecule has 1 aromatic heterocycles. The van der Waals surface area contributed by atoms with Gasteiger partial charge in [0.25, 0.3) is 5.69 Å². The third-order valence-corrected chi connectivity index (χ3v) is 7.30. The molecule has 0 spiro atoms. The molecule has 2 aliphatic rings. The van der Waals surface area contributed by atoms with Crippen LogP contribution in [0.4, 0.5) is 21.9 Å². The Morgan fingerprint density at radius 1 is 0.975 bits per heavy atom. The molecule has 0 bridgehead atoms. The number of urea groups is 1. The number of methoxy groups -OCH3 is 1. The summed E-state index contributed by atoms with van der Waals surface area (Å²) in [6.07, 6.45) is 3.60. The van der Waals surface area contributed by atoms with E-state index in [2.05, 4.69) is 9.88 Å². The van der Waals surface area contributed by atoms with E-state index in [0.29, 0.717) is 5.69 Å². The Bertz CT molecular complexity index is 1580. The minimum absolute atomic E-state index is 0.0506. The molecular formula is C30H27N5O5. The number of carbonyl (C=O) groups is 2. The smallest absolute Gasteiger partial charge is 0.322 e. The second kappa shape index (κ2) is 10.2. The number of rotatable bonds is 7. The summed E-state index contributed by atoms with van der Waals surface area (Å²) >= 11 is 0. The lowest BCUT2D eigenvalue weighted by molar-refractivity contribution is -0.384. The Kier molecular flexibility index (Phi) is 6.43. The third kappa shape index (κ3) is 4.64. The number of fused-ring (bicyclic) bond motifs is 3. The zero-order valence-corrected chi connectivity index (χ0v) is 21.8. The standard InChI is InChI=1S/C30H27N5O5/c1-40-24-16-8-20(9-17-24)29-27-7-4-18-32(27)25-5-2-3-6-26(25)34(29)28(36)19-33(22-14-15-22)30(37)31-21-10-12-23(13-11-21)35(38)39/h2-13,16-18,22,29H,14-15,19H2,1H3,(H,31,37). The van der Waals surface area contributed by atoms with Gasteiger partial charge in [-0.15, -0.1) is 0 Å². The normalized spacial score (nSPS) is 15.5. The molecule has 3 aromatic carbocycles. The molecule has 1 N–H and O–H groups in total. The van der Waals surface area contributed by atoms with Gasteiger partial charge in [0, 0.05) is 30.1 Å². The molecule has 0 saturated heterocycles. The van der Waals surface area contributed by atoms with Gasteiger partial charge in [-0.25, -0.2) is 4.79 Å². The van der Waals surface area contributed by atoms with E-state index < -0.39 is 17.0 Å². The molecule has 2 heterocycles. The summed E-state index contributed by atoms with van der Waals surface area (Å²) in [4.78, 5) is 41.4. The molecule has 10 heteroatoms. The van der Waals surface area contributed by atoms with Crippen LogP contribution in [-0.2, 0) is 4.79 Å². The number of nitrogens with zero attached hydrogens (tertiary/aromatic N) is 4. The Hall–Kier alpha value is -5.12. The lowest BCUT2D eigenvalue weighted by Crippen LogP contribution is -2.48. The largest absolute Gasteiger partial charge is 0.497 e. The molecule has 1 aliphatic carbocycles. The summed E-state index contributed by atoms with van der Waals surface area (Å²) in [6.45, 7) is -0.120. The van der Waals surface area contributed by atoms with E-state index >= 15 is 0 Å². The molecule has 1 unspecified atom stereocenters. The fraction of sp³-hybridized carbons (Fsp3) is 0.200. The molecule has 10 nitrogen and oxygen atoms in total. The van der Waals surface area contributed by atoms with E-state index in [1.165, 1.54) is 24.3 Å². The zero-order chi connectivity index (χ0) is 27.8. The molecule has 0 radical (unpaired) electrons. The number of nitro groups is 1. The van der Waals surface area contributed by atoms with E-state index in [4.69, 9.17) is 4.74 Å². The molecule has 40 heavy (non-hydrogen) atoms. The third-order valence-electron chi connectivity index (χ3n) is 7.30. The summed E-state index contributed by atoms with van der Waals surface area (Å²) in [5.41, 5.74) is 3.84. The van der Waals surface area contributed by atoms with Crippen molar-refractivity contribution in [2.45, 2.75) is 24.9 Å². The summed E-state index contributed by atoms with van der Waals surface area (Å²) in [5.74, 6) is 0.502. The van der Waals surface area contributed by atoms with E-state index in [1.807, 2.05) is 66.9 Å². The number of anilines is 2. The van der Waals surface area contributed by atoms with Gasteiger partial charge in [-0.05, 0) is 66.9 Å². The van der Waals surface area contributed by atoms with Gasteiger partial charge in [0.05, 0.1) is 29.1 Å². The molecule has 3 amide bonds. The highest BCUT2D eigenvalue weighted by atomic mass is 16.6. The summed E-state index contributed by atoms with van der Waals surface area (Å²) in [7, 11) is 1.61. The minimum atomic E-state index is -0.493. The van der Waals surface area contributed by atoms with E-state index in [0.717, 1.165) is 41.2 Å². The van der Waals surface area contributed by atoms with Gasteiger partial charge >= 0.3 is 6.03 Å². The summed E-state index contributed by atoms with van der Waals surface area (Å²) < 4.78 is 7.44. The molecule has 202 valence electrons. The van der Waals surface area contributed by atoms with E-state index in [1.54, 1.807) is 16.9 Å². The second-order valence-corrected chi connectivity index (χ2v) is 9.82. The first-order valence-electron chi connectivity index (χ1n) is 13.0. The van der Waals surface area contributed by atoms with Crippen molar-refractivity contribution in [3.63, 3.8) is 0 Å². The first-order chi connectivity index (χ1) is 19.4. The average Bonchev–Trinajstić information content (AvgIpc) is 3.70. The Balaban J connectivity index is 1.32. The van der Waals surface area contributed by atoms with Gasteiger partial charge in [0.15, 0.2) is 0 Å². The van der Waals surface area contributed by atoms with Gasteiger partial charge in [0.1, 0.15) is 18.3 Å². The Morgan fingerprint density at radius 2 is 1.68 bits per heavy atom. The maximum Gasteiger partial charge on any atom is 0.322 e. The van der Waals surface area contributed by atoms with Gasteiger partial charge < -0.3 is 19.5 Å². The quantitative estimate of drug-likeness (QED) is 0.246. The Morgan fingerprint density at radius 3 is 2.33 bits per heavy atom. The van der Waals surface area contributed by atoms with Crippen molar-refractivity contribution >= 4 is 29.0 Å². The highest BCUT2D eigenvalue weighted by molar-refractivity contribution is 6.01. The van der Waals surface area contributed by atoms with Crippen molar-refractivity contribution in [3.05, 3.63) is 112 Å². The molecular weight excluding hydrogens is 510 g/mol. The highest BCUT2D eigenvalue weighted by Gasteiger charge is 2.40. The Labute approximate surface area is 230 Å². The summed E-state index contributed by atoms with van der Waals surface area (Å²) in [5, 5.41) is 13.8. The van der Waals surface area contributed by atoms with Gasteiger partial charge in [-0.1, -0.05) is 24.3 Å². The predicted molar refractivity (Wildman–Crippen MR) is 150 cm³/mol. The van der Waals surface area contributed by atoms with Crippen molar-refractivity contribution in [2.75, 3.05) is 23.9 Å². The van der Waals surface area contributed by atoms with Crippen molar-refractivity contribution in [3.8, 4) is 11.4 Å². The summed E-state index contributed by atoms with van der Waals surface area (Å²) in [6, 6.07) is 24.1. The molecule has 4 aromatic rings. The van der Waals surface area contributed by atoms with Crippen molar-refractivity contribution < 1.29 is 19.2 Å². The van der Waals surface area contributed by atoms with Crippen LogP contribution in [0.1, 0.15) is 30.1 Å². The molecule has 1 fully saturated rings. The van der Waals surface area contributed by atoms with Crippen LogP contribution in [0.2, 0.25) is 0 Å². The van der Waals surface area contributed by atoms with Crippen molar-refractivity contribution in [1.29, 1.82) is 0 Å². The lowest BCUT2D eigenvalue weighted by Gasteiger charge is -2.39. The number of carbonyl (C=O) groups excluding carboxylic acids is 2. The number of nitro benzene ring substituents is 1. The van der Waals surface area contributed by atoms with Crippen molar-refractivity contribution in [2.24, 2.45) is 0 Å². The number of hydrogen-bond acceptors (Lipinski definition) is 5. The van der Waals surface area contributed by atoms with Crippen LogP contribution in [0.3, 0.4) is 0 Å². The fourth-order valence-corrected chi connectivity index (χ4v) is 5.20. The number of hydrogen-bond donors (Lipinski definition) is 1. The maximum atomic E-state index is 14.2. The second-order valence-electron chi connectivity index (χ2n) is 9.82. The average molecular weight is 538 g/mol. The number of ether oxygens (including phenoxy) is 1. The first kappa shape index (κ1) is 25.2. The van der Waals surface area contributed by atoms with E-state index in [9.17, 15) is 19.7 Å². The van der Waals surface area contributed by atoms with Crippen LogP contribution >= 0.6 is 0 Å². The maximum absolute atomic E-state index is 14.2. The van der Waals surface area contributed by atoms with Crippen LogP contribution in [0, 0.1) is 10.1 Å². The topological polar surface area (TPSA) is 110 Å². The number of nitrogens with one attached hydrogen (secondary N) is 1. The van der Waals surface area contributed by atoms with Gasteiger partial charge in [-0.3, -0.25) is 19.8 Å². The lowest BCUT2D eigenvalue weighted by atomic mass is 9.97. The predicted octanol–water partition coefficient (Wildman–Crippen LogP) is 5.53. The van der Waals surface area contributed by atoms with Gasteiger partial charge in [0.2, 0.25) is 5.91 Å². The SMILES string of the molecule is COc1ccc(C2c3cccn3-c3ccccc3N2C(=O)CN(C(=O)Nc2ccc([N+](=O)[O-])cc2)C2CC2)cc1. The first-order valence-corrected chi connectivity index (χ1v) is 13.0. The van der Waals surface area contributed by atoms with Crippen LogP contribution in [0.25, 0.3) is 5.69 Å². The van der Waals surface area contributed by atoms with E-state index in [-0.39, 0.29) is 24.2 Å². The van der Waals surface area contributed by atoms with Crippen LogP contribution in [0.5, 0.6) is 5.75 Å².